The first-order chi connectivity index (χ1) is 7.84. The highest BCUT2D eigenvalue weighted by atomic mass is 16.3. The molecule has 3 aliphatic heterocycles. The Morgan fingerprint density at radius 1 is 1.25 bits per heavy atom. The molecular weight excluding hydrogens is 200 g/mol. The van der Waals surface area contributed by atoms with Gasteiger partial charge in [0.25, 0.3) is 0 Å². The van der Waals surface area contributed by atoms with Crippen molar-refractivity contribution in [2.24, 2.45) is 5.92 Å². The van der Waals surface area contributed by atoms with Crippen molar-refractivity contribution in [1.82, 2.24) is 9.88 Å². The van der Waals surface area contributed by atoms with Gasteiger partial charge in [-0.05, 0) is 42.5 Å². The van der Waals surface area contributed by atoms with Gasteiger partial charge in [-0.1, -0.05) is 0 Å². The number of aromatic nitrogens is 1. The van der Waals surface area contributed by atoms with Crippen LogP contribution in [0.25, 0.3) is 6.08 Å². The van der Waals surface area contributed by atoms with Gasteiger partial charge in [0.1, 0.15) is 0 Å². The lowest BCUT2D eigenvalue weighted by molar-refractivity contribution is 0.0215. The molecule has 1 atom stereocenters. The SMILES string of the molecule is OC1/C(=C/c2ccncc2)N2CCC1CC2. The topological polar surface area (TPSA) is 36.4 Å². The van der Waals surface area contributed by atoms with Gasteiger partial charge >= 0.3 is 0 Å². The normalized spacial score (nSPS) is 31.1. The number of hydrogen-bond donors (Lipinski definition) is 1. The summed E-state index contributed by atoms with van der Waals surface area (Å²) < 4.78 is 0. The van der Waals surface area contributed by atoms with Crippen LogP contribution in [0.3, 0.4) is 0 Å². The van der Waals surface area contributed by atoms with Crippen molar-refractivity contribution in [3.8, 4) is 0 Å². The molecule has 0 aromatic carbocycles. The minimum atomic E-state index is -0.268. The van der Waals surface area contributed by atoms with Gasteiger partial charge in [-0.25, -0.2) is 0 Å². The molecule has 0 radical (unpaired) electrons. The van der Waals surface area contributed by atoms with E-state index in [-0.39, 0.29) is 6.10 Å². The van der Waals surface area contributed by atoms with Crippen LogP contribution in [0.2, 0.25) is 0 Å². The first kappa shape index (κ1) is 9.85. The van der Waals surface area contributed by atoms with Gasteiger partial charge in [-0.2, -0.15) is 0 Å². The molecule has 3 saturated heterocycles. The Labute approximate surface area is 95.4 Å². The molecule has 3 heteroatoms. The summed E-state index contributed by atoms with van der Waals surface area (Å²) in [7, 11) is 0. The van der Waals surface area contributed by atoms with Crippen molar-refractivity contribution < 1.29 is 5.11 Å². The summed E-state index contributed by atoms with van der Waals surface area (Å²) >= 11 is 0. The van der Waals surface area contributed by atoms with Crippen LogP contribution in [-0.2, 0) is 0 Å². The Kier molecular flexibility index (Phi) is 2.40. The molecule has 1 N–H and O–H groups in total. The molecule has 1 aromatic rings. The summed E-state index contributed by atoms with van der Waals surface area (Å²) in [5.74, 6) is 0.470. The van der Waals surface area contributed by atoms with Crippen molar-refractivity contribution in [1.29, 1.82) is 0 Å². The largest absolute Gasteiger partial charge is 0.387 e. The number of nitrogens with zero attached hydrogens (tertiary/aromatic N) is 2. The summed E-state index contributed by atoms with van der Waals surface area (Å²) in [4.78, 5) is 6.31. The molecule has 1 unspecified atom stereocenters. The van der Waals surface area contributed by atoms with Crippen molar-refractivity contribution in [3.05, 3.63) is 35.8 Å². The average molecular weight is 216 g/mol. The fraction of sp³-hybridized carbons (Fsp3) is 0.462. The lowest BCUT2D eigenvalue weighted by Crippen LogP contribution is -2.48. The van der Waals surface area contributed by atoms with Gasteiger partial charge in [0.15, 0.2) is 0 Å². The van der Waals surface area contributed by atoms with Gasteiger partial charge in [-0.3, -0.25) is 4.98 Å². The van der Waals surface area contributed by atoms with Crippen LogP contribution in [0.15, 0.2) is 30.2 Å². The molecule has 4 rings (SSSR count). The number of rotatable bonds is 1. The van der Waals surface area contributed by atoms with Crippen LogP contribution in [0.5, 0.6) is 0 Å². The third-order valence-electron chi connectivity index (χ3n) is 3.67. The molecule has 3 nitrogen and oxygen atoms in total. The highest BCUT2D eigenvalue weighted by molar-refractivity contribution is 5.53. The number of piperidine rings is 3. The van der Waals surface area contributed by atoms with E-state index in [1.54, 1.807) is 12.4 Å². The zero-order valence-electron chi connectivity index (χ0n) is 9.21. The van der Waals surface area contributed by atoms with Crippen LogP contribution in [0.4, 0.5) is 0 Å². The van der Waals surface area contributed by atoms with E-state index in [0.717, 1.165) is 37.2 Å². The smallest absolute Gasteiger partial charge is 0.0965 e. The zero-order valence-corrected chi connectivity index (χ0v) is 9.21. The molecule has 4 heterocycles. The molecule has 0 saturated carbocycles. The molecule has 3 aliphatic rings. The van der Waals surface area contributed by atoms with E-state index in [2.05, 4.69) is 16.0 Å². The molecule has 84 valence electrons. The average Bonchev–Trinajstić information content (AvgIpc) is 2.36. The van der Waals surface area contributed by atoms with Crippen LogP contribution in [0, 0.1) is 5.92 Å². The van der Waals surface area contributed by atoms with Gasteiger partial charge in [0, 0.05) is 31.2 Å². The molecule has 0 amide bonds. The predicted octanol–water partition coefficient (Wildman–Crippen LogP) is 1.51. The summed E-state index contributed by atoms with van der Waals surface area (Å²) in [6.45, 7) is 2.19. The summed E-state index contributed by atoms with van der Waals surface area (Å²) in [5, 5.41) is 10.2. The number of hydrogen-bond acceptors (Lipinski definition) is 3. The lowest BCUT2D eigenvalue weighted by atomic mass is 9.83. The number of pyridine rings is 1. The van der Waals surface area contributed by atoms with Crippen LogP contribution >= 0.6 is 0 Å². The third kappa shape index (κ3) is 1.61. The van der Waals surface area contributed by atoms with Crippen molar-refractivity contribution in [2.75, 3.05) is 13.1 Å². The fourth-order valence-electron chi connectivity index (χ4n) is 2.71. The first-order valence-corrected chi connectivity index (χ1v) is 5.89. The second-order valence-electron chi connectivity index (χ2n) is 4.62. The second-order valence-corrected chi connectivity index (χ2v) is 4.62. The Balaban J connectivity index is 1.92. The predicted molar refractivity (Wildman–Crippen MR) is 62.5 cm³/mol. The van der Waals surface area contributed by atoms with Crippen molar-refractivity contribution in [2.45, 2.75) is 18.9 Å². The van der Waals surface area contributed by atoms with Gasteiger partial charge in [0.2, 0.25) is 0 Å². The van der Waals surface area contributed by atoms with E-state index < -0.39 is 0 Å². The third-order valence-corrected chi connectivity index (χ3v) is 3.67. The highest BCUT2D eigenvalue weighted by Crippen LogP contribution is 2.35. The molecule has 2 bridgehead atoms. The van der Waals surface area contributed by atoms with Gasteiger partial charge in [0.05, 0.1) is 6.10 Å². The van der Waals surface area contributed by atoms with E-state index in [4.69, 9.17) is 0 Å². The first-order valence-electron chi connectivity index (χ1n) is 5.89. The van der Waals surface area contributed by atoms with Gasteiger partial charge in [-0.15, -0.1) is 0 Å². The van der Waals surface area contributed by atoms with Crippen molar-refractivity contribution >= 4 is 6.08 Å². The minimum Gasteiger partial charge on any atom is -0.387 e. The maximum atomic E-state index is 10.2. The molecule has 1 aromatic heterocycles. The maximum Gasteiger partial charge on any atom is 0.0965 e. The van der Waals surface area contributed by atoms with Crippen LogP contribution in [0.1, 0.15) is 18.4 Å². The van der Waals surface area contributed by atoms with E-state index in [9.17, 15) is 5.11 Å². The van der Waals surface area contributed by atoms with E-state index in [1.807, 2.05) is 12.1 Å². The van der Waals surface area contributed by atoms with Gasteiger partial charge < -0.3 is 10.0 Å². The van der Waals surface area contributed by atoms with Crippen molar-refractivity contribution in [3.63, 3.8) is 0 Å². The lowest BCUT2D eigenvalue weighted by Gasteiger charge is -2.45. The Morgan fingerprint density at radius 3 is 2.56 bits per heavy atom. The fourth-order valence-corrected chi connectivity index (χ4v) is 2.71. The van der Waals surface area contributed by atoms with E-state index >= 15 is 0 Å². The molecule has 0 spiro atoms. The molecule has 16 heavy (non-hydrogen) atoms. The van der Waals surface area contributed by atoms with Crippen LogP contribution < -0.4 is 0 Å². The number of aliphatic hydroxyl groups is 1. The number of fused-ring (bicyclic) bond motifs is 3. The zero-order chi connectivity index (χ0) is 11.0. The maximum absolute atomic E-state index is 10.2. The molecule has 0 aliphatic carbocycles. The summed E-state index contributed by atoms with van der Waals surface area (Å²) in [6, 6.07) is 3.95. The molecule has 3 fully saturated rings. The summed E-state index contributed by atoms with van der Waals surface area (Å²) in [6.07, 6.45) is 7.67. The summed E-state index contributed by atoms with van der Waals surface area (Å²) in [5.41, 5.74) is 2.21. The van der Waals surface area contributed by atoms with Crippen LogP contribution in [-0.4, -0.2) is 34.2 Å². The Bertz CT molecular complexity index is 390. The Morgan fingerprint density at radius 2 is 1.94 bits per heavy atom. The quantitative estimate of drug-likeness (QED) is 0.773. The Hall–Kier alpha value is -1.35. The minimum absolute atomic E-state index is 0.268. The number of aliphatic hydroxyl groups excluding tert-OH is 1. The van der Waals surface area contributed by atoms with E-state index in [1.165, 1.54) is 0 Å². The molecular formula is C13H16N2O. The second kappa shape index (κ2) is 3.91. The van der Waals surface area contributed by atoms with E-state index in [0.29, 0.717) is 5.92 Å². The highest BCUT2D eigenvalue weighted by Gasteiger charge is 2.36. The standard InChI is InChI=1S/C13H16N2O/c16-13-11-3-7-15(8-4-11)12(13)9-10-1-5-14-6-2-10/h1-2,5-6,9,11,13,16H,3-4,7-8H2/b12-9-. The monoisotopic (exact) mass is 216 g/mol.